The number of likely N-dealkylation sites (tertiary alicyclic amines) is 1. The van der Waals surface area contributed by atoms with Crippen LogP contribution in [0.25, 0.3) is 27.9 Å². The molecule has 4 N–H and O–H groups in total. The minimum atomic E-state index is 0.264. The van der Waals surface area contributed by atoms with Gasteiger partial charge in [0.05, 0.1) is 30.0 Å². The van der Waals surface area contributed by atoms with Crippen LogP contribution in [-0.2, 0) is 11.3 Å². The lowest BCUT2D eigenvalue weighted by Gasteiger charge is -2.29. The summed E-state index contributed by atoms with van der Waals surface area (Å²) in [6.07, 6.45) is 8.06. The molecule has 0 radical (unpaired) electrons. The number of aromatic nitrogens is 5. The molecule has 6 heterocycles. The van der Waals surface area contributed by atoms with Crippen molar-refractivity contribution in [2.75, 3.05) is 49.6 Å². The first-order valence-corrected chi connectivity index (χ1v) is 13.7. The highest BCUT2D eigenvalue weighted by atomic mass is 16.5. The van der Waals surface area contributed by atoms with E-state index in [0.29, 0.717) is 0 Å². The number of nitrogens with two attached hydrogens (primary N) is 1. The molecular weight excluding hydrogens is 490 g/mol. The molecule has 4 aromatic heterocycles. The normalized spacial score (nSPS) is 18.7. The van der Waals surface area contributed by atoms with Crippen LogP contribution < -0.4 is 16.0 Å². The number of rotatable bonds is 6. The van der Waals surface area contributed by atoms with E-state index in [2.05, 4.69) is 77.1 Å². The number of nitrogens with one attached hydrogen (secondary N) is 2. The summed E-state index contributed by atoms with van der Waals surface area (Å²) in [6, 6.07) is 14.9. The van der Waals surface area contributed by atoms with Crippen LogP contribution in [0.2, 0.25) is 0 Å². The van der Waals surface area contributed by atoms with Crippen LogP contribution in [0.1, 0.15) is 18.5 Å². The number of piperidine rings is 1. The average molecular weight is 524 g/mol. The van der Waals surface area contributed by atoms with Gasteiger partial charge in [0.15, 0.2) is 5.65 Å². The summed E-state index contributed by atoms with van der Waals surface area (Å²) in [5.74, 6) is 0.958. The van der Waals surface area contributed by atoms with Gasteiger partial charge in [-0.25, -0.2) is 15.0 Å². The molecule has 5 aromatic rings. The van der Waals surface area contributed by atoms with Crippen molar-refractivity contribution in [3.63, 3.8) is 0 Å². The van der Waals surface area contributed by atoms with Gasteiger partial charge in [0.1, 0.15) is 17.8 Å². The van der Waals surface area contributed by atoms with E-state index in [0.717, 1.165) is 110 Å². The Hall–Kier alpha value is -3.99. The highest BCUT2D eigenvalue weighted by molar-refractivity contribution is 5.92. The molecule has 0 bridgehead atoms. The second-order valence-corrected chi connectivity index (χ2v) is 10.5. The Morgan fingerprint density at radius 1 is 1.08 bits per heavy atom. The van der Waals surface area contributed by atoms with Gasteiger partial charge < -0.3 is 30.1 Å². The van der Waals surface area contributed by atoms with Gasteiger partial charge in [-0.15, -0.1) is 0 Å². The molecule has 0 aliphatic carbocycles. The zero-order valence-electron chi connectivity index (χ0n) is 21.9. The van der Waals surface area contributed by atoms with Crippen LogP contribution in [0.3, 0.4) is 0 Å². The van der Waals surface area contributed by atoms with Gasteiger partial charge in [0.2, 0.25) is 0 Å². The molecule has 2 saturated heterocycles. The van der Waals surface area contributed by atoms with Crippen molar-refractivity contribution >= 4 is 33.9 Å². The first-order chi connectivity index (χ1) is 19.2. The summed E-state index contributed by atoms with van der Waals surface area (Å²) in [4.78, 5) is 22.1. The molecule has 2 fully saturated rings. The number of nitrogens with zero attached hydrogens (tertiary/aromatic N) is 6. The Bertz CT molecular complexity index is 1590. The van der Waals surface area contributed by atoms with Gasteiger partial charge >= 0.3 is 0 Å². The molecule has 0 unspecified atom stereocenters. The highest BCUT2D eigenvalue weighted by Crippen LogP contribution is 2.30. The fraction of sp³-hybridized carbons (Fsp3) is 0.345. The van der Waals surface area contributed by atoms with Crippen molar-refractivity contribution in [1.82, 2.24) is 29.2 Å². The SMILES string of the molecule is N[C@@H]1CCCN(Cc2cn3cccc(Nc4ccc(-c5cc6c(N7CCOCC7)ncnc6[nH]5)cc4)c3n2)C1. The van der Waals surface area contributed by atoms with E-state index in [-0.39, 0.29) is 6.04 Å². The third kappa shape index (κ3) is 4.94. The van der Waals surface area contributed by atoms with Crippen molar-refractivity contribution in [2.24, 2.45) is 5.73 Å². The van der Waals surface area contributed by atoms with E-state index in [1.165, 1.54) is 0 Å². The molecular formula is C29H33N9O. The van der Waals surface area contributed by atoms with Crippen LogP contribution in [0, 0.1) is 0 Å². The van der Waals surface area contributed by atoms with Crippen molar-refractivity contribution in [3.8, 4) is 11.3 Å². The number of aromatic amines is 1. The topological polar surface area (TPSA) is 113 Å². The Morgan fingerprint density at radius 3 is 2.79 bits per heavy atom. The number of fused-ring (bicyclic) bond motifs is 2. The van der Waals surface area contributed by atoms with Gasteiger partial charge in [0, 0.05) is 56.0 Å². The van der Waals surface area contributed by atoms with Crippen molar-refractivity contribution < 1.29 is 4.74 Å². The molecule has 1 atom stereocenters. The molecule has 10 nitrogen and oxygen atoms in total. The van der Waals surface area contributed by atoms with Crippen LogP contribution >= 0.6 is 0 Å². The van der Waals surface area contributed by atoms with E-state index in [4.69, 9.17) is 15.5 Å². The van der Waals surface area contributed by atoms with Crippen molar-refractivity contribution in [3.05, 3.63) is 66.9 Å². The number of hydrogen-bond donors (Lipinski definition) is 3. The van der Waals surface area contributed by atoms with E-state index in [1.807, 2.05) is 12.3 Å². The van der Waals surface area contributed by atoms with Crippen LogP contribution in [0.5, 0.6) is 0 Å². The molecule has 200 valence electrons. The average Bonchev–Trinajstić information content (AvgIpc) is 3.58. The third-order valence-electron chi connectivity index (χ3n) is 7.65. The van der Waals surface area contributed by atoms with Crippen LogP contribution in [-0.4, -0.2) is 74.7 Å². The van der Waals surface area contributed by atoms with Gasteiger partial charge in [-0.1, -0.05) is 12.1 Å². The third-order valence-corrected chi connectivity index (χ3v) is 7.65. The fourth-order valence-electron chi connectivity index (χ4n) is 5.70. The summed E-state index contributed by atoms with van der Waals surface area (Å²) in [7, 11) is 0. The lowest BCUT2D eigenvalue weighted by molar-refractivity contribution is 0.122. The fourth-order valence-corrected chi connectivity index (χ4v) is 5.70. The molecule has 0 spiro atoms. The Labute approximate surface area is 226 Å². The Kier molecular flexibility index (Phi) is 6.35. The smallest absolute Gasteiger partial charge is 0.160 e. The number of ether oxygens (including phenoxy) is 1. The van der Waals surface area contributed by atoms with E-state index >= 15 is 0 Å². The van der Waals surface area contributed by atoms with Crippen molar-refractivity contribution in [1.29, 1.82) is 0 Å². The zero-order chi connectivity index (χ0) is 26.2. The Balaban J connectivity index is 1.10. The van der Waals surface area contributed by atoms with Crippen LogP contribution in [0.15, 0.2) is 61.2 Å². The standard InChI is InChI=1S/C29H33N9O/c30-21-3-1-9-36(16-21)17-23-18-38-10-2-4-25(29(38)34-23)33-22-7-5-20(6-8-22)26-15-24-27(35-26)31-19-32-28(24)37-11-13-39-14-12-37/h2,4-8,10,15,18-19,21,33H,1,3,9,11-14,16-17,30H2,(H,31,32,35)/t21-/m1/s1. The van der Waals surface area contributed by atoms with Crippen molar-refractivity contribution in [2.45, 2.75) is 25.4 Å². The first kappa shape index (κ1) is 24.1. The maximum absolute atomic E-state index is 6.18. The highest BCUT2D eigenvalue weighted by Gasteiger charge is 2.19. The maximum atomic E-state index is 6.18. The second-order valence-electron chi connectivity index (χ2n) is 10.5. The summed E-state index contributed by atoms with van der Waals surface area (Å²) in [5, 5.41) is 4.59. The summed E-state index contributed by atoms with van der Waals surface area (Å²) in [6.45, 7) is 5.95. The predicted molar refractivity (Wildman–Crippen MR) is 153 cm³/mol. The summed E-state index contributed by atoms with van der Waals surface area (Å²) < 4.78 is 7.60. The number of H-pyrrole nitrogens is 1. The lowest BCUT2D eigenvalue weighted by Crippen LogP contribution is -2.42. The minimum absolute atomic E-state index is 0.264. The van der Waals surface area contributed by atoms with E-state index < -0.39 is 0 Å². The number of benzene rings is 1. The molecule has 39 heavy (non-hydrogen) atoms. The zero-order valence-corrected chi connectivity index (χ0v) is 21.9. The molecule has 2 aliphatic rings. The number of morpholine rings is 1. The van der Waals surface area contributed by atoms with Crippen LogP contribution in [0.4, 0.5) is 17.2 Å². The monoisotopic (exact) mass is 523 g/mol. The molecule has 0 amide bonds. The predicted octanol–water partition coefficient (Wildman–Crippen LogP) is 3.78. The number of pyridine rings is 1. The number of imidazole rings is 1. The summed E-state index contributed by atoms with van der Waals surface area (Å²) in [5.41, 5.74) is 13.1. The molecule has 1 aromatic carbocycles. The number of hydrogen-bond acceptors (Lipinski definition) is 8. The second kappa shape index (κ2) is 10.3. The van der Waals surface area contributed by atoms with Gasteiger partial charge in [-0.05, 0) is 55.3 Å². The first-order valence-electron chi connectivity index (χ1n) is 13.7. The molecule has 7 rings (SSSR count). The van der Waals surface area contributed by atoms with E-state index in [9.17, 15) is 0 Å². The van der Waals surface area contributed by atoms with E-state index in [1.54, 1.807) is 6.33 Å². The van der Waals surface area contributed by atoms with Gasteiger partial charge in [0.25, 0.3) is 0 Å². The Morgan fingerprint density at radius 2 is 1.95 bits per heavy atom. The minimum Gasteiger partial charge on any atom is -0.378 e. The molecule has 2 aliphatic heterocycles. The molecule has 10 heteroatoms. The molecule has 0 saturated carbocycles. The number of anilines is 3. The van der Waals surface area contributed by atoms with Gasteiger partial charge in [-0.2, -0.15) is 0 Å². The lowest BCUT2D eigenvalue weighted by atomic mass is 10.1. The maximum Gasteiger partial charge on any atom is 0.160 e. The summed E-state index contributed by atoms with van der Waals surface area (Å²) >= 11 is 0. The van der Waals surface area contributed by atoms with Gasteiger partial charge in [-0.3, -0.25) is 4.90 Å². The quantitative estimate of drug-likeness (QED) is 0.308. The largest absolute Gasteiger partial charge is 0.378 e.